The Hall–Kier alpha value is -2.41. The number of aromatic nitrogens is 1. The molecular weight excluding hydrogens is 383 g/mol. The predicted octanol–water partition coefficient (Wildman–Crippen LogP) is 4.80. The van der Waals surface area contributed by atoms with Gasteiger partial charge in [0, 0.05) is 54.6 Å². The Morgan fingerprint density at radius 1 is 1.10 bits per heavy atom. The normalized spacial score (nSPS) is 17.2. The standard InChI is InChI=1S/C23H25FN4S/c1-17-15-28(13-12-25-17)16-18-2-8-21(9-3-18)27-29-22-10-11-23(26-14-22)19-4-6-20(24)7-5-19/h2-11,14,17,25,27H,12-13,15-16H2,1H3. The number of hydrogen-bond acceptors (Lipinski definition) is 5. The molecule has 1 atom stereocenters. The SMILES string of the molecule is CC1CN(Cc2ccc(NSc3ccc(-c4ccc(F)cc4)nc3)cc2)CCN1. The van der Waals surface area contributed by atoms with Crippen molar-refractivity contribution in [3.05, 3.63) is 78.2 Å². The summed E-state index contributed by atoms with van der Waals surface area (Å²) >= 11 is 1.53. The van der Waals surface area contributed by atoms with Crippen LogP contribution in [0.2, 0.25) is 0 Å². The van der Waals surface area contributed by atoms with Crippen molar-refractivity contribution in [2.24, 2.45) is 0 Å². The molecule has 0 spiro atoms. The van der Waals surface area contributed by atoms with Crippen molar-refractivity contribution in [3.8, 4) is 11.3 Å². The predicted molar refractivity (Wildman–Crippen MR) is 118 cm³/mol. The molecule has 1 unspecified atom stereocenters. The molecule has 0 radical (unpaired) electrons. The third-order valence-corrected chi connectivity index (χ3v) is 5.79. The number of anilines is 1. The lowest BCUT2D eigenvalue weighted by Crippen LogP contribution is -2.48. The highest BCUT2D eigenvalue weighted by Crippen LogP contribution is 2.24. The summed E-state index contributed by atoms with van der Waals surface area (Å²) < 4.78 is 16.4. The summed E-state index contributed by atoms with van der Waals surface area (Å²) in [5.41, 5.74) is 4.14. The number of halogens is 1. The number of nitrogens with one attached hydrogen (secondary N) is 2. The van der Waals surface area contributed by atoms with E-state index >= 15 is 0 Å². The van der Waals surface area contributed by atoms with Crippen LogP contribution < -0.4 is 10.0 Å². The highest BCUT2D eigenvalue weighted by atomic mass is 32.2. The molecule has 1 aromatic heterocycles. The van der Waals surface area contributed by atoms with Gasteiger partial charge in [-0.1, -0.05) is 12.1 Å². The zero-order valence-corrected chi connectivity index (χ0v) is 17.3. The minimum absolute atomic E-state index is 0.237. The van der Waals surface area contributed by atoms with Crippen LogP contribution in [0.3, 0.4) is 0 Å². The average Bonchev–Trinajstić information content (AvgIpc) is 2.74. The van der Waals surface area contributed by atoms with Crippen LogP contribution in [0.15, 0.2) is 71.8 Å². The maximum absolute atomic E-state index is 13.0. The summed E-state index contributed by atoms with van der Waals surface area (Å²) in [4.78, 5) is 8.00. The topological polar surface area (TPSA) is 40.2 Å². The Bertz CT molecular complexity index is 913. The van der Waals surface area contributed by atoms with E-state index < -0.39 is 0 Å². The van der Waals surface area contributed by atoms with Crippen LogP contribution in [-0.2, 0) is 6.54 Å². The molecule has 2 aromatic carbocycles. The second kappa shape index (κ2) is 9.39. The van der Waals surface area contributed by atoms with E-state index in [0.29, 0.717) is 6.04 Å². The largest absolute Gasteiger partial charge is 0.326 e. The van der Waals surface area contributed by atoms with Gasteiger partial charge in [0.05, 0.1) is 5.69 Å². The number of piperazine rings is 1. The van der Waals surface area contributed by atoms with Gasteiger partial charge in [-0.25, -0.2) is 4.39 Å². The molecule has 1 saturated heterocycles. The van der Waals surface area contributed by atoms with Crippen molar-refractivity contribution in [3.63, 3.8) is 0 Å². The van der Waals surface area contributed by atoms with Gasteiger partial charge >= 0.3 is 0 Å². The molecular formula is C23H25FN4S. The van der Waals surface area contributed by atoms with Crippen molar-refractivity contribution < 1.29 is 4.39 Å². The molecule has 0 aliphatic carbocycles. The van der Waals surface area contributed by atoms with Crippen LogP contribution in [0, 0.1) is 5.82 Å². The average molecular weight is 409 g/mol. The van der Waals surface area contributed by atoms with Gasteiger partial charge in [0.2, 0.25) is 0 Å². The zero-order valence-electron chi connectivity index (χ0n) is 16.4. The Morgan fingerprint density at radius 2 is 1.90 bits per heavy atom. The molecule has 4 rings (SSSR count). The number of rotatable bonds is 6. The monoisotopic (exact) mass is 408 g/mol. The fourth-order valence-corrected chi connectivity index (χ4v) is 4.06. The van der Waals surface area contributed by atoms with Crippen molar-refractivity contribution in [1.29, 1.82) is 0 Å². The van der Waals surface area contributed by atoms with E-state index in [1.807, 2.05) is 18.3 Å². The van der Waals surface area contributed by atoms with Gasteiger partial charge in [-0.3, -0.25) is 9.88 Å². The van der Waals surface area contributed by atoms with Gasteiger partial charge in [0.15, 0.2) is 0 Å². The minimum Gasteiger partial charge on any atom is -0.326 e. The van der Waals surface area contributed by atoms with Gasteiger partial charge in [-0.15, -0.1) is 0 Å². The summed E-state index contributed by atoms with van der Waals surface area (Å²) in [7, 11) is 0. The Kier molecular flexibility index (Phi) is 6.44. The third-order valence-electron chi connectivity index (χ3n) is 4.98. The number of benzene rings is 2. The van der Waals surface area contributed by atoms with Crippen LogP contribution in [0.5, 0.6) is 0 Å². The van der Waals surface area contributed by atoms with E-state index in [9.17, 15) is 4.39 Å². The Balaban J connectivity index is 1.30. The zero-order chi connectivity index (χ0) is 20.1. The lowest BCUT2D eigenvalue weighted by molar-refractivity contribution is 0.199. The highest BCUT2D eigenvalue weighted by Gasteiger charge is 2.15. The van der Waals surface area contributed by atoms with Crippen molar-refractivity contribution in [2.45, 2.75) is 24.4 Å². The molecule has 150 valence electrons. The summed E-state index contributed by atoms with van der Waals surface area (Å²) in [6, 6.07) is 19.5. The van der Waals surface area contributed by atoms with E-state index in [-0.39, 0.29) is 5.82 Å². The summed E-state index contributed by atoms with van der Waals surface area (Å²) in [5, 5.41) is 3.48. The molecule has 1 fully saturated rings. The smallest absolute Gasteiger partial charge is 0.123 e. The lowest BCUT2D eigenvalue weighted by Gasteiger charge is -2.31. The summed E-state index contributed by atoms with van der Waals surface area (Å²) in [6.07, 6.45) is 1.83. The first-order valence-corrected chi connectivity index (χ1v) is 10.7. The fraction of sp³-hybridized carbons (Fsp3) is 0.261. The van der Waals surface area contributed by atoms with E-state index in [0.717, 1.165) is 48.0 Å². The first-order chi connectivity index (χ1) is 14.2. The first kappa shape index (κ1) is 19.9. The van der Waals surface area contributed by atoms with Crippen LogP contribution >= 0.6 is 11.9 Å². The second-order valence-corrected chi connectivity index (χ2v) is 8.26. The number of nitrogens with zero attached hydrogens (tertiary/aromatic N) is 2. The highest BCUT2D eigenvalue weighted by molar-refractivity contribution is 8.00. The fourth-order valence-electron chi connectivity index (χ4n) is 3.44. The van der Waals surface area contributed by atoms with Crippen LogP contribution in [0.4, 0.5) is 10.1 Å². The molecule has 0 amide bonds. The first-order valence-electron chi connectivity index (χ1n) is 9.85. The number of hydrogen-bond donors (Lipinski definition) is 2. The molecule has 2 N–H and O–H groups in total. The summed E-state index contributed by atoms with van der Waals surface area (Å²) in [5.74, 6) is -0.237. The Morgan fingerprint density at radius 3 is 2.59 bits per heavy atom. The lowest BCUT2D eigenvalue weighted by atomic mass is 10.1. The molecule has 4 nitrogen and oxygen atoms in total. The van der Waals surface area contributed by atoms with E-state index in [1.165, 1.54) is 29.6 Å². The van der Waals surface area contributed by atoms with Gasteiger partial charge < -0.3 is 10.0 Å². The van der Waals surface area contributed by atoms with Crippen LogP contribution in [0.25, 0.3) is 11.3 Å². The molecule has 2 heterocycles. The maximum atomic E-state index is 13.0. The van der Waals surface area contributed by atoms with Crippen LogP contribution in [0.1, 0.15) is 12.5 Å². The molecule has 1 aliphatic rings. The van der Waals surface area contributed by atoms with Crippen molar-refractivity contribution in [1.82, 2.24) is 15.2 Å². The quantitative estimate of drug-likeness (QED) is 0.574. The molecule has 0 saturated carbocycles. The maximum Gasteiger partial charge on any atom is 0.123 e. The van der Waals surface area contributed by atoms with E-state index in [4.69, 9.17) is 0 Å². The second-order valence-electron chi connectivity index (χ2n) is 7.38. The number of pyridine rings is 1. The van der Waals surface area contributed by atoms with Gasteiger partial charge in [-0.05, 0) is 73.0 Å². The third kappa shape index (κ3) is 5.56. The molecule has 0 bridgehead atoms. The van der Waals surface area contributed by atoms with Gasteiger partial charge in [0.1, 0.15) is 5.82 Å². The van der Waals surface area contributed by atoms with Gasteiger partial charge in [0.25, 0.3) is 0 Å². The molecule has 1 aliphatic heterocycles. The van der Waals surface area contributed by atoms with Crippen molar-refractivity contribution >= 4 is 17.6 Å². The molecule has 29 heavy (non-hydrogen) atoms. The van der Waals surface area contributed by atoms with E-state index in [2.05, 4.69) is 51.1 Å². The molecule has 3 aromatic rings. The van der Waals surface area contributed by atoms with Crippen LogP contribution in [-0.4, -0.2) is 35.6 Å². The van der Waals surface area contributed by atoms with Crippen molar-refractivity contribution in [2.75, 3.05) is 24.4 Å². The van der Waals surface area contributed by atoms with Gasteiger partial charge in [-0.2, -0.15) is 0 Å². The minimum atomic E-state index is -0.237. The Labute approximate surface area is 175 Å². The summed E-state index contributed by atoms with van der Waals surface area (Å²) in [6.45, 7) is 6.48. The molecule has 6 heteroatoms. The van der Waals surface area contributed by atoms with E-state index in [1.54, 1.807) is 12.1 Å².